The van der Waals surface area contributed by atoms with Crippen LogP contribution >= 0.6 is 0 Å². The molecule has 1 aliphatic heterocycles. The molecule has 154 valence electrons. The summed E-state index contributed by atoms with van der Waals surface area (Å²) in [6, 6.07) is 11.0. The van der Waals surface area contributed by atoms with Crippen molar-refractivity contribution >= 4 is 33.2 Å². The summed E-state index contributed by atoms with van der Waals surface area (Å²) in [4.78, 5) is 25.8. The van der Waals surface area contributed by atoms with E-state index in [1.807, 2.05) is 6.92 Å². The van der Waals surface area contributed by atoms with Crippen LogP contribution in [0, 0.1) is 6.92 Å². The zero-order valence-corrected chi connectivity index (χ0v) is 17.4. The Morgan fingerprint density at radius 3 is 2.17 bits per heavy atom. The minimum absolute atomic E-state index is 0.0365. The second-order valence-electron chi connectivity index (χ2n) is 7.19. The topological polar surface area (TPSA) is 95.6 Å². The number of benzene rings is 2. The summed E-state index contributed by atoms with van der Waals surface area (Å²) in [6.07, 6.45) is 3.06. The Labute approximate surface area is 171 Å². The fraction of sp³-hybridized carbons (Fsp3) is 0.333. The predicted molar refractivity (Wildman–Crippen MR) is 112 cm³/mol. The summed E-state index contributed by atoms with van der Waals surface area (Å²) < 4.78 is 28.2. The maximum atomic E-state index is 12.9. The highest BCUT2D eigenvalue weighted by Crippen LogP contribution is 2.22. The lowest BCUT2D eigenvalue weighted by atomic mass is 10.1. The molecule has 2 amide bonds. The Kier molecular flexibility index (Phi) is 6.22. The van der Waals surface area contributed by atoms with Crippen LogP contribution in [-0.2, 0) is 14.8 Å². The van der Waals surface area contributed by atoms with E-state index in [9.17, 15) is 18.0 Å². The van der Waals surface area contributed by atoms with Crippen LogP contribution in [0.4, 0.5) is 11.4 Å². The fourth-order valence-electron chi connectivity index (χ4n) is 3.30. The zero-order valence-electron chi connectivity index (χ0n) is 16.6. The number of hydrogen-bond acceptors (Lipinski definition) is 4. The summed E-state index contributed by atoms with van der Waals surface area (Å²) in [6.45, 7) is 4.61. The van der Waals surface area contributed by atoms with Crippen LogP contribution in [-0.4, -0.2) is 38.2 Å². The summed E-state index contributed by atoms with van der Waals surface area (Å²) in [7, 11) is -3.86. The molecule has 0 spiro atoms. The molecule has 1 heterocycles. The quantitative estimate of drug-likeness (QED) is 0.783. The molecule has 0 aromatic heterocycles. The minimum Gasteiger partial charge on any atom is -0.339 e. The Hall–Kier alpha value is -2.87. The monoisotopic (exact) mass is 415 g/mol. The van der Waals surface area contributed by atoms with Crippen molar-refractivity contribution in [1.82, 2.24) is 4.90 Å². The van der Waals surface area contributed by atoms with Crippen LogP contribution in [0.5, 0.6) is 0 Å². The number of anilines is 2. The number of aryl methyl sites for hydroxylation is 1. The number of nitrogens with zero attached hydrogens (tertiary/aromatic N) is 1. The van der Waals surface area contributed by atoms with Crippen molar-refractivity contribution in [3.8, 4) is 0 Å². The van der Waals surface area contributed by atoms with Gasteiger partial charge in [-0.05, 0) is 68.1 Å². The molecule has 8 heteroatoms. The van der Waals surface area contributed by atoms with Gasteiger partial charge in [-0.3, -0.25) is 14.3 Å². The second kappa shape index (κ2) is 8.65. The number of hydrogen-bond donors (Lipinski definition) is 2. The number of sulfonamides is 1. The van der Waals surface area contributed by atoms with Gasteiger partial charge in [-0.2, -0.15) is 0 Å². The highest BCUT2D eigenvalue weighted by molar-refractivity contribution is 7.92. The van der Waals surface area contributed by atoms with Gasteiger partial charge < -0.3 is 10.2 Å². The number of likely N-dealkylation sites (tertiary alicyclic amines) is 1. The second-order valence-corrected chi connectivity index (χ2v) is 8.88. The number of piperidine rings is 1. The molecule has 2 N–H and O–H groups in total. The maximum Gasteiger partial charge on any atom is 0.261 e. The van der Waals surface area contributed by atoms with Gasteiger partial charge in [0, 0.05) is 37.0 Å². The molecule has 0 saturated carbocycles. The normalized spacial score (nSPS) is 14.3. The average molecular weight is 416 g/mol. The Morgan fingerprint density at radius 1 is 0.931 bits per heavy atom. The molecular formula is C21H25N3O4S. The highest BCUT2D eigenvalue weighted by atomic mass is 32.2. The van der Waals surface area contributed by atoms with Crippen molar-refractivity contribution < 1.29 is 18.0 Å². The van der Waals surface area contributed by atoms with E-state index >= 15 is 0 Å². The molecular weight excluding hydrogens is 390 g/mol. The molecule has 0 atom stereocenters. The lowest BCUT2D eigenvalue weighted by Crippen LogP contribution is -2.36. The Morgan fingerprint density at radius 2 is 1.55 bits per heavy atom. The van der Waals surface area contributed by atoms with E-state index in [0.29, 0.717) is 30.0 Å². The molecule has 3 rings (SSSR count). The SMILES string of the molecule is CC(=O)Nc1ccc(NS(=O)(=O)c2ccc(C)c(C(=O)N3CCCCC3)c2)cc1. The van der Waals surface area contributed by atoms with Gasteiger partial charge in [-0.1, -0.05) is 6.07 Å². The average Bonchev–Trinajstić information content (AvgIpc) is 2.69. The smallest absolute Gasteiger partial charge is 0.261 e. The van der Waals surface area contributed by atoms with E-state index in [0.717, 1.165) is 24.8 Å². The van der Waals surface area contributed by atoms with Crippen molar-refractivity contribution in [3.05, 3.63) is 53.6 Å². The Bertz CT molecular complexity index is 1010. The third kappa shape index (κ3) is 5.14. The van der Waals surface area contributed by atoms with Gasteiger partial charge in [0.15, 0.2) is 0 Å². The van der Waals surface area contributed by atoms with E-state index in [2.05, 4.69) is 10.0 Å². The van der Waals surface area contributed by atoms with Gasteiger partial charge in [0.25, 0.3) is 15.9 Å². The molecule has 0 unspecified atom stereocenters. The van der Waals surface area contributed by atoms with Crippen LogP contribution in [0.15, 0.2) is 47.4 Å². The van der Waals surface area contributed by atoms with E-state index in [4.69, 9.17) is 0 Å². The third-order valence-electron chi connectivity index (χ3n) is 4.85. The maximum absolute atomic E-state index is 12.9. The van der Waals surface area contributed by atoms with E-state index in [-0.39, 0.29) is 16.7 Å². The van der Waals surface area contributed by atoms with E-state index in [1.165, 1.54) is 19.1 Å². The predicted octanol–water partition coefficient (Wildman–Crippen LogP) is 3.38. The van der Waals surface area contributed by atoms with Gasteiger partial charge in [0.2, 0.25) is 5.91 Å². The first-order valence-electron chi connectivity index (χ1n) is 9.57. The van der Waals surface area contributed by atoms with Crippen LogP contribution in [0.3, 0.4) is 0 Å². The summed E-state index contributed by atoms with van der Waals surface area (Å²) >= 11 is 0. The molecule has 0 bridgehead atoms. The van der Waals surface area contributed by atoms with E-state index in [1.54, 1.807) is 35.2 Å². The fourth-order valence-corrected chi connectivity index (χ4v) is 4.39. The summed E-state index contributed by atoms with van der Waals surface area (Å²) in [5, 5.41) is 2.63. The van der Waals surface area contributed by atoms with Gasteiger partial charge in [0.05, 0.1) is 4.90 Å². The van der Waals surface area contributed by atoms with Crippen molar-refractivity contribution in [1.29, 1.82) is 0 Å². The van der Waals surface area contributed by atoms with Gasteiger partial charge in [-0.25, -0.2) is 8.42 Å². The number of amides is 2. The van der Waals surface area contributed by atoms with Crippen LogP contribution in [0.1, 0.15) is 42.1 Å². The van der Waals surface area contributed by atoms with Crippen molar-refractivity contribution in [3.63, 3.8) is 0 Å². The standard InChI is InChI=1S/C21H25N3O4S/c1-15-6-11-19(14-20(15)21(26)24-12-4-3-5-13-24)29(27,28)23-18-9-7-17(8-10-18)22-16(2)25/h6-11,14,23H,3-5,12-13H2,1-2H3,(H,22,25). The van der Waals surface area contributed by atoms with Crippen LogP contribution in [0.2, 0.25) is 0 Å². The highest BCUT2D eigenvalue weighted by Gasteiger charge is 2.23. The van der Waals surface area contributed by atoms with Crippen molar-refractivity contribution in [2.45, 2.75) is 38.0 Å². The van der Waals surface area contributed by atoms with Gasteiger partial charge in [-0.15, -0.1) is 0 Å². The van der Waals surface area contributed by atoms with Crippen LogP contribution in [0.25, 0.3) is 0 Å². The summed E-state index contributed by atoms with van der Waals surface area (Å²) in [5.41, 5.74) is 2.10. The lowest BCUT2D eigenvalue weighted by molar-refractivity contribution is -0.114. The first-order chi connectivity index (χ1) is 13.8. The molecule has 1 saturated heterocycles. The van der Waals surface area contributed by atoms with Crippen LogP contribution < -0.4 is 10.0 Å². The van der Waals surface area contributed by atoms with Gasteiger partial charge in [0.1, 0.15) is 0 Å². The molecule has 1 fully saturated rings. The number of nitrogens with one attached hydrogen (secondary N) is 2. The Balaban J connectivity index is 1.81. The molecule has 0 radical (unpaired) electrons. The first-order valence-corrected chi connectivity index (χ1v) is 11.0. The molecule has 2 aromatic rings. The first kappa shape index (κ1) is 20.9. The minimum atomic E-state index is -3.86. The number of rotatable bonds is 5. The molecule has 0 aliphatic carbocycles. The number of carbonyl (C=O) groups excluding carboxylic acids is 2. The molecule has 2 aromatic carbocycles. The van der Waals surface area contributed by atoms with Crippen molar-refractivity contribution in [2.24, 2.45) is 0 Å². The van der Waals surface area contributed by atoms with E-state index < -0.39 is 10.0 Å². The lowest BCUT2D eigenvalue weighted by Gasteiger charge is -2.27. The van der Waals surface area contributed by atoms with Crippen molar-refractivity contribution in [2.75, 3.05) is 23.1 Å². The summed E-state index contributed by atoms with van der Waals surface area (Å²) in [5.74, 6) is -0.331. The molecule has 7 nitrogen and oxygen atoms in total. The zero-order chi connectivity index (χ0) is 21.0. The number of carbonyl (C=O) groups is 2. The molecule has 29 heavy (non-hydrogen) atoms. The van der Waals surface area contributed by atoms with Gasteiger partial charge >= 0.3 is 0 Å². The molecule has 1 aliphatic rings. The largest absolute Gasteiger partial charge is 0.339 e. The third-order valence-corrected chi connectivity index (χ3v) is 6.23.